The van der Waals surface area contributed by atoms with Crippen LogP contribution in [0.3, 0.4) is 0 Å². The molecule has 3 nitrogen and oxygen atoms in total. The first-order valence-corrected chi connectivity index (χ1v) is 5.22. The van der Waals surface area contributed by atoms with E-state index in [0.717, 1.165) is 23.5 Å². The van der Waals surface area contributed by atoms with E-state index in [0.29, 0.717) is 6.42 Å². The lowest BCUT2D eigenvalue weighted by molar-refractivity contribution is 0.254. The summed E-state index contributed by atoms with van der Waals surface area (Å²) in [5.74, 6) is 1.78. The van der Waals surface area contributed by atoms with E-state index in [2.05, 4.69) is 6.92 Å². The molecule has 1 atom stereocenters. The molecule has 82 valence electrons. The van der Waals surface area contributed by atoms with E-state index < -0.39 is 0 Å². The van der Waals surface area contributed by atoms with E-state index in [4.69, 9.17) is 14.6 Å². The van der Waals surface area contributed by atoms with Gasteiger partial charge in [-0.1, -0.05) is 0 Å². The second-order valence-electron chi connectivity index (χ2n) is 3.88. The van der Waals surface area contributed by atoms with Gasteiger partial charge in [-0.3, -0.25) is 0 Å². The van der Waals surface area contributed by atoms with Crippen molar-refractivity contribution in [1.29, 1.82) is 0 Å². The molecule has 1 aliphatic heterocycles. The third-order valence-corrected chi connectivity index (χ3v) is 2.68. The summed E-state index contributed by atoms with van der Waals surface area (Å²) in [6, 6.07) is 4.00. The highest BCUT2D eigenvalue weighted by Gasteiger charge is 2.21. The number of aliphatic hydroxyl groups excluding tert-OH is 1. The van der Waals surface area contributed by atoms with Gasteiger partial charge in [0.1, 0.15) is 17.6 Å². The van der Waals surface area contributed by atoms with Gasteiger partial charge in [-0.25, -0.2) is 0 Å². The van der Waals surface area contributed by atoms with Gasteiger partial charge in [-0.15, -0.1) is 0 Å². The van der Waals surface area contributed by atoms with Crippen LogP contribution in [0.4, 0.5) is 0 Å². The summed E-state index contributed by atoms with van der Waals surface area (Å²) in [6.45, 7) is 2.18. The summed E-state index contributed by atoms with van der Waals surface area (Å²) < 4.78 is 10.9. The third-order valence-electron chi connectivity index (χ3n) is 2.68. The van der Waals surface area contributed by atoms with Crippen molar-refractivity contribution >= 4 is 0 Å². The smallest absolute Gasteiger partial charge is 0.123 e. The Bertz CT molecular complexity index is 360. The number of hydrogen-bond acceptors (Lipinski definition) is 3. The average Bonchev–Trinajstić information content (AvgIpc) is 2.56. The van der Waals surface area contributed by atoms with Gasteiger partial charge in [-0.05, 0) is 25.5 Å². The molecule has 0 saturated heterocycles. The summed E-state index contributed by atoms with van der Waals surface area (Å²) in [5.41, 5.74) is 2.20. The number of hydrogen-bond donors (Lipinski definition) is 1. The molecule has 2 rings (SSSR count). The Labute approximate surface area is 89.6 Å². The Balaban J connectivity index is 2.36. The van der Waals surface area contributed by atoms with Gasteiger partial charge in [0.15, 0.2) is 0 Å². The molecule has 1 heterocycles. The van der Waals surface area contributed by atoms with E-state index in [1.807, 2.05) is 12.1 Å². The largest absolute Gasteiger partial charge is 0.496 e. The van der Waals surface area contributed by atoms with Crippen LogP contribution in [0.25, 0.3) is 0 Å². The highest BCUT2D eigenvalue weighted by Crippen LogP contribution is 2.34. The predicted molar refractivity (Wildman–Crippen MR) is 57.6 cm³/mol. The number of ether oxygens (including phenoxy) is 2. The van der Waals surface area contributed by atoms with E-state index in [-0.39, 0.29) is 12.7 Å². The molecule has 0 amide bonds. The molecule has 0 radical (unpaired) electrons. The first kappa shape index (κ1) is 10.3. The van der Waals surface area contributed by atoms with Crippen LogP contribution in [0.1, 0.15) is 18.1 Å². The SMILES string of the molecule is COc1cc2c(cc1CCO)OC(C)C2. The molecule has 1 aromatic carbocycles. The van der Waals surface area contributed by atoms with Crippen LogP contribution in [0.5, 0.6) is 11.5 Å². The molecule has 1 N–H and O–H groups in total. The van der Waals surface area contributed by atoms with Crippen LogP contribution in [-0.4, -0.2) is 24.9 Å². The predicted octanol–water partition coefficient (Wildman–Crippen LogP) is 1.55. The van der Waals surface area contributed by atoms with E-state index >= 15 is 0 Å². The third kappa shape index (κ3) is 1.92. The van der Waals surface area contributed by atoms with Crippen molar-refractivity contribution in [1.82, 2.24) is 0 Å². The quantitative estimate of drug-likeness (QED) is 0.819. The van der Waals surface area contributed by atoms with Crippen molar-refractivity contribution in [2.75, 3.05) is 13.7 Å². The van der Waals surface area contributed by atoms with Crippen LogP contribution in [0.2, 0.25) is 0 Å². The summed E-state index contributed by atoms with van der Waals surface area (Å²) in [4.78, 5) is 0. The lowest BCUT2D eigenvalue weighted by atomic mass is 10.0. The fourth-order valence-electron chi connectivity index (χ4n) is 1.99. The minimum Gasteiger partial charge on any atom is -0.496 e. The van der Waals surface area contributed by atoms with Crippen molar-refractivity contribution in [3.05, 3.63) is 23.3 Å². The maximum absolute atomic E-state index is 8.94. The number of aliphatic hydroxyl groups is 1. The normalized spacial score (nSPS) is 18.5. The second-order valence-corrected chi connectivity index (χ2v) is 3.88. The molecule has 0 aromatic heterocycles. The van der Waals surface area contributed by atoms with Crippen molar-refractivity contribution in [3.63, 3.8) is 0 Å². The van der Waals surface area contributed by atoms with Gasteiger partial charge in [0.05, 0.1) is 7.11 Å². The van der Waals surface area contributed by atoms with Gasteiger partial charge in [0.25, 0.3) is 0 Å². The van der Waals surface area contributed by atoms with E-state index in [1.54, 1.807) is 7.11 Å². The zero-order chi connectivity index (χ0) is 10.8. The standard InChI is InChI=1S/C12H16O3/c1-8-5-10-7-11(14-2)9(3-4-13)6-12(10)15-8/h6-8,13H,3-5H2,1-2H3. The minimum absolute atomic E-state index is 0.130. The fraction of sp³-hybridized carbons (Fsp3) is 0.500. The molecule has 3 heteroatoms. The van der Waals surface area contributed by atoms with Gasteiger partial charge < -0.3 is 14.6 Å². The average molecular weight is 208 g/mol. The Hall–Kier alpha value is -1.22. The van der Waals surface area contributed by atoms with Crippen molar-refractivity contribution < 1.29 is 14.6 Å². The van der Waals surface area contributed by atoms with Crippen molar-refractivity contribution in [3.8, 4) is 11.5 Å². The van der Waals surface area contributed by atoms with Crippen molar-refractivity contribution in [2.24, 2.45) is 0 Å². The molecule has 1 aromatic rings. The summed E-state index contributed by atoms with van der Waals surface area (Å²) >= 11 is 0. The molecular formula is C12H16O3. The Morgan fingerprint density at radius 2 is 2.33 bits per heavy atom. The van der Waals surface area contributed by atoms with Crippen LogP contribution < -0.4 is 9.47 Å². The highest BCUT2D eigenvalue weighted by atomic mass is 16.5. The molecule has 1 unspecified atom stereocenters. The van der Waals surface area contributed by atoms with Gasteiger partial charge in [0.2, 0.25) is 0 Å². The number of fused-ring (bicyclic) bond motifs is 1. The Morgan fingerprint density at radius 3 is 3.00 bits per heavy atom. The topological polar surface area (TPSA) is 38.7 Å². The monoisotopic (exact) mass is 208 g/mol. The van der Waals surface area contributed by atoms with Crippen LogP contribution in [-0.2, 0) is 12.8 Å². The maximum atomic E-state index is 8.94. The number of methoxy groups -OCH3 is 1. The minimum atomic E-state index is 0.130. The molecule has 15 heavy (non-hydrogen) atoms. The second kappa shape index (κ2) is 4.11. The maximum Gasteiger partial charge on any atom is 0.123 e. The zero-order valence-electron chi connectivity index (χ0n) is 9.12. The lowest BCUT2D eigenvalue weighted by Gasteiger charge is -2.09. The van der Waals surface area contributed by atoms with Crippen LogP contribution >= 0.6 is 0 Å². The fourth-order valence-corrected chi connectivity index (χ4v) is 1.99. The molecule has 1 aliphatic rings. The summed E-state index contributed by atoms with van der Waals surface area (Å²) in [6.07, 6.45) is 1.79. The molecular weight excluding hydrogens is 192 g/mol. The zero-order valence-corrected chi connectivity index (χ0v) is 9.12. The number of benzene rings is 1. The Morgan fingerprint density at radius 1 is 1.53 bits per heavy atom. The highest BCUT2D eigenvalue weighted by molar-refractivity contribution is 5.48. The van der Waals surface area contributed by atoms with Gasteiger partial charge in [-0.2, -0.15) is 0 Å². The van der Waals surface area contributed by atoms with Crippen LogP contribution in [0, 0.1) is 0 Å². The summed E-state index contributed by atoms with van der Waals surface area (Å²) in [5, 5.41) is 8.94. The summed E-state index contributed by atoms with van der Waals surface area (Å²) in [7, 11) is 1.65. The van der Waals surface area contributed by atoms with Crippen LogP contribution in [0.15, 0.2) is 12.1 Å². The molecule has 0 aliphatic carbocycles. The van der Waals surface area contributed by atoms with Gasteiger partial charge in [0, 0.05) is 24.2 Å². The molecule has 0 saturated carbocycles. The van der Waals surface area contributed by atoms with E-state index in [9.17, 15) is 0 Å². The van der Waals surface area contributed by atoms with E-state index in [1.165, 1.54) is 5.56 Å². The first-order valence-electron chi connectivity index (χ1n) is 5.22. The Kier molecular flexibility index (Phi) is 2.82. The van der Waals surface area contributed by atoms with Crippen molar-refractivity contribution in [2.45, 2.75) is 25.9 Å². The number of rotatable bonds is 3. The molecule has 0 fully saturated rings. The molecule has 0 bridgehead atoms. The lowest BCUT2D eigenvalue weighted by Crippen LogP contribution is -2.05. The van der Waals surface area contributed by atoms with Gasteiger partial charge >= 0.3 is 0 Å². The first-order chi connectivity index (χ1) is 7.24. The molecule has 0 spiro atoms.